The first-order valence-corrected chi connectivity index (χ1v) is 9.67. The summed E-state index contributed by atoms with van der Waals surface area (Å²) in [5, 5.41) is 6.80. The predicted octanol–water partition coefficient (Wildman–Crippen LogP) is 3.08. The fourth-order valence-corrected chi connectivity index (χ4v) is 2.95. The van der Waals surface area contributed by atoms with E-state index >= 15 is 0 Å². The Labute approximate surface area is 176 Å². The Kier molecular flexibility index (Phi) is 12.7. The van der Waals surface area contributed by atoms with Gasteiger partial charge in [-0.15, -0.1) is 24.0 Å². The Morgan fingerprint density at radius 3 is 2.58 bits per heavy atom. The number of nitrogens with one attached hydrogen (secondary N) is 2. The lowest BCUT2D eigenvalue weighted by atomic mass is 10.0. The largest absolute Gasteiger partial charge is 0.379 e. The van der Waals surface area contributed by atoms with Crippen LogP contribution in [0.5, 0.6) is 0 Å². The molecule has 0 spiro atoms. The van der Waals surface area contributed by atoms with Crippen LogP contribution in [0, 0.1) is 0 Å². The Morgan fingerprint density at radius 2 is 1.88 bits per heavy atom. The summed E-state index contributed by atoms with van der Waals surface area (Å²) >= 11 is 0. The zero-order chi connectivity index (χ0) is 17.7. The highest BCUT2D eigenvalue weighted by molar-refractivity contribution is 14.0. The molecular weight excluding hydrogens is 439 g/mol. The molecule has 0 aromatic heterocycles. The molecule has 148 valence electrons. The maximum atomic E-state index is 5.39. The van der Waals surface area contributed by atoms with Crippen molar-refractivity contribution in [3.05, 3.63) is 35.9 Å². The van der Waals surface area contributed by atoms with E-state index in [4.69, 9.17) is 9.73 Å². The molecule has 0 bridgehead atoms. The summed E-state index contributed by atoms with van der Waals surface area (Å²) in [4.78, 5) is 7.24. The first-order valence-electron chi connectivity index (χ1n) is 9.67. The SMILES string of the molecule is CCNC(=NCC(C)c1ccccc1)NCCCCN1CCOCC1.I. The normalized spacial score (nSPS) is 16.6. The Hall–Kier alpha value is -0.860. The van der Waals surface area contributed by atoms with Crippen LogP contribution in [0.25, 0.3) is 0 Å². The van der Waals surface area contributed by atoms with Crippen LogP contribution in [0.15, 0.2) is 35.3 Å². The summed E-state index contributed by atoms with van der Waals surface area (Å²) in [7, 11) is 0. The molecule has 5 nitrogen and oxygen atoms in total. The molecule has 0 radical (unpaired) electrons. The quantitative estimate of drug-likeness (QED) is 0.250. The number of nitrogens with zero attached hydrogens (tertiary/aromatic N) is 2. The number of guanidine groups is 1. The van der Waals surface area contributed by atoms with Gasteiger partial charge in [-0.25, -0.2) is 0 Å². The second kappa shape index (κ2) is 14.2. The third-order valence-corrected chi connectivity index (χ3v) is 4.53. The van der Waals surface area contributed by atoms with Gasteiger partial charge in [-0.2, -0.15) is 0 Å². The third-order valence-electron chi connectivity index (χ3n) is 4.53. The number of rotatable bonds is 9. The molecule has 1 aromatic carbocycles. The summed E-state index contributed by atoms with van der Waals surface area (Å²) in [6, 6.07) is 10.6. The topological polar surface area (TPSA) is 48.9 Å². The van der Waals surface area contributed by atoms with Gasteiger partial charge in [-0.05, 0) is 31.9 Å². The molecule has 0 saturated carbocycles. The van der Waals surface area contributed by atoms with Gasteiger partial charge in [0.2, 0.25) is 0 Å². The molecule has 2 rings (SSSR count). The van der Waals surface area contributed by atoms with Crippen LogP contribution in [0.3, 0.4) is 0 Å². The van der Waals surface area contributed by atoms with Gasteiger partial charge in [-0.1, -0.05) is 37.3 Å². The standard InChI is InChI=1S/C20H34N4O.HI/c1-3-21-20(23-17-18(2)19-9-5-4-6-10-19)22-11-7-8-12-24-13-15-25-16-14-24;/h4-6,9-10,18H,3,7-8,11-17H2,1-2H3,(H2,21,22,23);1H. The lowest BCUT2D eigenvalue weighted by Gasteiger charge is -2.26. The second-order valence-electron chi connectivity index (χ2n) is 6.62. The summed E-state index contributed by atoms with van der Waals surface area (Å²) in [6.45, 7) is 12.1. The van der Waals surface area contributed by atoms with Gasteiger partial charge in [0.05, 0.1) is 13.2 Å². The van der Waals surface area contributed by atoms with Gasteiger partial charge in [0.15, 0.2) is 5.96 Å². The first-order chi connectivity index (χ1) is 12.3. The Morgan fingerprint density at radius 1 is 1.15 bits per heavy atom. The molecule has 1 aromatic rings. The highest BCUT2D eigenvalue weighted by Crippen LogP contribution is 2.14. The average molecular weight is 474 g/mol. The Bertz CT molecular complexity index is 492. The number of aliphatic imine (C=N–C) groups is 1. The predicted molar refractivity (Wildman–Crippen MR) is 121 cm³/mol. The molecule has 0 amide bonds. The van der Waals surface area contributed by atoms with Gasteiger partial charge in [0, 0.05) is 38.6 Å². The molecule has 6 heteroatoms. The molecule has 1 fully saturated rings. The molecular formula is C20H35IN4O. The monoisotopic (exact) mass is 474 g/mol. The zero-order valence-corrected chi connectivity index (χ0v) is 18.6. The fraction of sp³-hybridized carbons (Fsp3) is 0.650. The molecule has 1 unspecified atom stereocenters. The maximum Gasteiger partial charge on any atom is 0.191 e. The van der Waals surface area contributed by atoms with Crippen molar-refractivity contribution in [1.82, 2.24) is 15.5 Å². The number of ether oxygens (including phenoxy) is 1. The van der Waals surface area contributed by atoms with E-state index in [9.17, 15) is 0 Å². The molecule has 0 aliphatic carbocycles. The van der Waals surface area contributed by atoms with Crippen molar-refractivity contribution >= 4 is 29.9 Å². The van der Waals surface area contributed by atoms with E-state index in [1.807, 2.05) is 0 Å². The Balaban J connectivity index is 0.00000338. The van der Waals surface area contributed by atoms with Gasteiger partial charge in [-0.3, -0.25) is 9.89 Å². The summed E-state index contributed by atoms with van der Waals surface area (Å²) in [5.41, 5.74) is 1.34. The summed E-state index contributed by atoms with van der Waals surface area (Å²) in [6.07, 6.45) is 2.38. The summed E-state index contributed by atoms with van der Waals surface area (Å²) in [5.74, 6) is 1.36. The number of benzene rings is 1. The fourth-order valence-electron chi connectivity index (χ4n) is 2.95. The molecule has 1 aliphatic rings. The third kappa shape index (κ3) is 9.19. The van der Waals surface area contributed by atoms with Gasteiger partial charge in [0.1, 0.15) is 0 Å². The van der Waals surface area contributed by atoms with Crippen molar-refractivity contribution in [2.75, 3.05) is 52.5 Å². The first kappa shape index (κ1) is 23.2. The van der Waals surface area contributed by atoms with Crippen molar-refractivity contribution in [2.24, 2.45) is 4.99 Å². The van der Waals surface area contributed by atoms with E-state index < -0.39 is 0 Å². The van der Waals surface area contributed by atoms with Crippen LogP contribution >= 0.6 is 24.0 Å². The molecule has 2 N–H and O–H groups in total. The van der Waals surface area contributed by atoms with Crippen molar-refractivity contribution < 1.29 is 4.74 Å². The van der Waals surface area contributed by atoms with Crippen LogP contribution in [-0.4, -0.2) is 63.3 Å². The van der Waals surface area contributed by atoms with Crippen molar-refractivity contribution in [3.8, 4) is 0 Å². The number of halogens is 1. The van der Waals surface area contributed by atoms with Crippen LogP contribution in [0.1, 0.15) is 38.2 Å². The minimum Gasteiger partial charge on any atom is -0.379 e. The zero-order valence-electron chi connectivity index (χ0n) is 16.2. The average Bonchev–Trinajstić information content (AvgIpc) is 2.67. The van der Waals surface area contributed by atoms with E-state index in [-0.39, 0.29) is 24.0 Å². The minimum absolute atomic E-state index is 0. The molecule has 1 aliphatic heterocycles. The van der Waals surface area contributed by atoms with Crippen molar-refractivity contribution in [3.63, 3.8) is 0 Å². The van der Waals surface area contributed by atoms with Crippen LogP contribution < -0.4 is 10.6 Å². The molecule has 26 heavy (non-hydrogen) atoms. The van der Waals surface area contributed by atoms with E-state index in [0.717, 1.165) is 58.3 Å². The number of hydrogen-bond donors (Lipinski definition) is 2. The van der Waals surface area contributed by atoms with Crippen LogP contribution in [0.4, 0.5) is 0 Å². The van der Waals surface area contributed by atoms with E-state index in [2.05, 4.69) is 59.7 Å². The van der Waals surface area contributed by atoms with Crippen molar-refractivity contribution in [2.45, 2.75) is 32.6 Å². The van der Waals surface area contributed by atoms with E-state index in [1.54, 1.807) is 0 Å². The number of unbranched alkanes of at least 4 members (excludes halogenated alkanes) is 1. The molecule has 1 heterocycles. The molecule has 1 saturated heterocycles. The summed E-state index contributed by atoms with van der Waals surface area (Å²) < 4.78 is 5.39. The van der Waals surface area contributed by atoms with E-state index in [0.29, 0.717) is 5.92 Å². The second-order valence-corrected chi connectivity index (χ2v) is 6.62. The lowest BCUT2D eigenvalue weighted by Crippen LogP contribution is -2.39. The highest BCUT2D eigenvalue weighted by atomic mass is 127. The number of hydrogen-bond acceptors (Lipinski definition) is 3. The smallest absolute Gasteiger partial charge is 0.191 e. The minimum atomic E-state index is 0. The number of morpholine rings is 1. The highest BCUT2D eigenvalue weighted by Gasteiger charge is 2.09. The maximum absolute atomic E-state index is 5.39. The van der Waals surface area contributed by atoms with Crippen LogP contribution in [-0.2, 0) is 4.74 Å². The molecule has 1 atom stereocenters. The lowest BCUT2D eigenvalue weighted by molar-refractivity contribution is 0.0372. The van der Waals surface area contributed by atoms with E-state index in [1.165, 1.54) is 18.5 Å². The van der Waals surface area contributed by atoms with Gasteiger partial charge < -0.3 is 15.4 Å². The van der Waals surface area contributed by atoms with Crippen molar-refractivity contribution in [1.29, 1.82) is 0 Å². The van der Waals surface area contributed by atoms with Crippen LogP contribution in [0.2, 0.25) is 0 Å². The van der Waals surface area contributed by atoms with Gasteiger partial charge >= 0.3 is 0 Å². The van der Waals surface area contributed by atoms with Gasteiger partial charge in [0.25, 0.3) is 0 Å².